The number of rotatable bonds is 4. The van der Waals surface area contributed by atoms with Gasteiger partial charge in [-0.1, -0.05) is 0 Å². The maximum atomic E-state index is 12.6. The summed E-state index contributed by atoms with van der Waals surface area (Å²) in [7, 11) is 0. The Morgan fingerprint density at radius 2 is 2.14 bits per heavy atom. The van der Waals surface area contributed by atoms with Crippen LogP contribution in [-0.2, 0) is 11.0 Å². The Labute approximate surface area is 128 Å². The van der Waals surface area contributed by atoms with Gasteiger partial charge in [0, 0.05) is 24.4 Å². The van der Waals surface area contributed by atoms with Crippen LogP contribution in [0.5, 0.6) is 0 Å². The number of hydrogen-bond acceptors (Lipinski definition) is 4. The lowest BCUT2D eigenvalue weighted by atomic mass is 9.97. The van der Waals surface area contributed by atoms with Gasteiger partial charge in [0.15, 0.2) is 5.01 Å². The summed E-state index contributed by atoms with van der Waals surface area (Å²) >= 11 is 0.391. The van der Waals surface area contributed by atoms with Gasteiger partial charge in [0.2, 0.25) is 0 Å². The first kappa shape index (κ1) is 16.7. The summed E-state index contributed by atoms with van der Waals surface area (Å²) in [6, 6.07) is -0.256. The van der Waals surface area contributed by atoms with Crippen molar-refractivity contribution < 1.29 is 27.9 Å². The molecule has 0 radical (unpaired) electrons. The zero-order chi connectivity index (χ0) is 16.3. The molecule has 9 heteroatoms. The minimum atomic E-state index is -4.56. The number of aliphatic carboxylic acids is 1. The molecule has 2 heterocycles. The van der Waals surface area contributed by atoms with Crippen LogP contribution in [0, 0.1) is 0 Å². The van der Waals surface area contributed by atoms with Gasteiger partial charge in [0.05, 0.1) is 0 Å². The molecule has 1 aromatic rings. The Bertz CT molecular complexity index is 559. The second-order valence-electron chi connectivity index (χ2n) is 5.12. The molecular formula is C13H15F3N2O3S. The van der Waals surface area contributed by atoms with Gasteiger partial charge >= 0.3 is 12.1 Å². The fraction of sp³-hybridized carbons (Fsp3) is 0.615. The first-order chi connectivity index (χ1) is 10.3. The normalized spacial score (nSPS) is 19.2. The van der Waals surface area contributed by atoms with Crippen LogP contribution < -0.4 is 0 Å². The molecular weight excluding hydrogens is 321 g/mol. The van der Waals surface area contributed by atoms with Crippen LogP contribution in [0.3, 0.4) is 0 Å². The fourth-order valence-corrected chi connectivity index (χ4v) is 3.17. The zero-order valence-corrected chi connectivity index (χ0v) is 12.4. The van der Waals surface area contributed by atoms with E-state index in [0.717, 1.165) is 18.2 Å². The molecule has 0 spiro atoms. The minimum Gasteiger partial charge on any atom is -0.481 e. The smallest absolute Gasteiger partial charge is 0.443 e. The van der Waals surface area contributed by atoms with Crippen molar-refractivity contribution in [1.29, 1.82) is 0 Å². The number of carbonyl (C=O) groups is 2. The second-order valence-corrected chi connectivity index (χ2v) is 5.97. The van der Waals surface area contributed by atoms with Crippen molar-refractivity contribution in [3.8, 4) is 0 Å². The van der Waals surface area contributed by atoms with E-state index in [1.165, 1.54) is 4.90 Å². The van der Waals surface area contributed by atoms with Crippen molar-refractivity contribution in [2.24, 2.45) is 0 Å². The third-order valence-electron chi connectivity index (χ3n) is 3.55. The lowest BCUT2D eigenvalue weighted by molar-refractivity contribution is -0.138. The van der Waals surface area contributed by atoms with Crippen LogP contribution >= 0.6 is 11.3 Å². The highest BCUT2D eigenvalue weighted by molar-refractivity contribution is 7.09. The molecule has 1 fully saturated rings. The van der Waals surface area contributed by atoms with E-state index < -0.39 is 23.1 Å². The molecule has 1 saturated heterocycles. The lowest BCUT2D eigenvalue weighted by Crippen LogP contribution is -2.44. The van der Waals surface area contributed by atoms with Crippen molar-refractivity contribution in [2.45, 2.75) is 44.3 Å². The summed E-state index contributed by atoms with van der Waals surface area (Å²) in [5.41, 5.74) is -0.223. The van der Waals surface area contributed by atoms with E-state index in [0.29, 0.717) is 30.7 Å². The molecule has 5 nitrogen and oxygen atoms in total. The van der Waals surface area contributed by atoms with Crippen molar-refractivity contribution >= 4 is 23.2 Å². The van der Waals surface area contributed by atoms with Crippen LogP contribution in [0.2, 0.25) is 0 Å². The number of nitrogens with zero attached hydrogens (tertiary/aromatic N) is 2. The molecule has 2 rings (SSSR count). The highest BCUT2D eigenvalue weighted by atomic mass is 32.1. The highest BCUT2D eigenvalue weighted by Crippen LogP contribution is 2.32. The van der Waals surface area contributed by atoms with Crippen molar-refractivity contribution in [1.82, 2.24) is 9.88 Å². The fourth-order valence-electron chi connectivity index (χ4n) is 2.51. The first-order valence-electron chi connectivity index (χ1n) is 6.84. The largest absolute Gasteiger partial charge is 0.481 e. The molecule has 1 atom stereocenters. The molecule has 1 amide bonds. The summed E-state index contributed by atoms with van der Waals surface area (Å²) in [4.78, 5) is 27.8. The van der Waals surface area contributed by atoms with Gasteiger partial charge < -0.3 is 10.0 Å². The first-order valence-corrected chi connectivity index (χ1v) is 7.72. The van der Waals surface area contributed by atoms with E-state index in [9.17, 15) is 22.8 Å². The Hall–Kier alpha value is -1.64. The van der Waals surface area contributed by atoms with Gasteiger partial charge in [-0.25, -0.2) is 4.98 Å². The Morgan fingerprint density at radius 3 is 2.73 bits per heavy atom. The van der Waals surface area contributed by atoms with E-state index in [1.54, 1.807) is 0 Å². The standard InChI is InChI=1S/C13H15F3N2O3S/c14-13(15,16)12-17-9(7-22-12)11(21)18-6-2-1-3-8(18)4-5-10(19)20/h7-8H,1-6H2,(H,19,20). The molecule has 0 aliphatic carbocycles. The van der Waals surface area contributed by atoms with Crippen molar-refractivity contribution in [2.75, 3.05) is 6.54 Å². The maximum absolute atomic E-state index is 12.6. The van der Waals surface area contributed by atoms with E-state index in [1.807, 2.05) is 0 Å². The lowest BCUT2D eigenvalue weighted by Gasteiger charge is -2.35. The number of aromatic nitrogens is 1. The summed E-state index contributed by atoms with van der Waals surface area (Å²) in [6.07, 6.45) is -2.04. The number of thiazole rings is 1. The molecule has 22 heavy (non-hydrogen) atoms. The van der Waals surface area contributed by atoms with E-state index in [2.05, 4.69) is 4.98 Å². The predicted molar refractivity (Wildman–Crippen MR) is 72.7 cm³/mol. The van der Waals surface area contributed by atoms with Crippen LogP contribution in [0.4, 0.5) is 13.2 Å². The molecule has 0 bridgehead atoms. The molecule has 1 aliphatic rings. The number of alkyl halides is 3. The molecule has 1 N–H and O–H groups in total. The topological polar surface area (TPSA) is 70.5 Å². The number of amides is 1. The summed E-state index contributed by atoms with van der Waals surface area (Å²) < 4.78 is 37.7. The maximum Gasteiger partial charge on any atom is 0.443 e. The number of halogens is 3. The van der Waals surface area contributed by atoms with Crippen molar-refractivity contribution in [3.63, 3.8) is 0 Å². The summed E-state index contributed by atoms with van der Waals surface area (Å²) in [5.74, 6) is -1.51. The van der Waals surface area contributed by atoms with E-state index in [4.69, 9.17) is 5.11 Å². The molecule has 0 aromatic carbocycles. The van der Waals surface area contributed by atoms with Crippen LogP contribution in [-0.4, -0.2) is 39.5 Å². The third-order valence-corrected chi connectivity index (χ3v) is 4.43. The van der Waals surface area contributed by atoms with Crippen LogP contribution in [0.25, 0.3) is 0 Å². The SMILES string of the molecule is O=C(O)CCC1CCCCN1C(=O)c1csc(C(F)(F)F)n1. The highest BCUT2D eigenvalue weighted by Gasteiger charge is 2.36. The molecule has 1 aromatic heterocycles. The average molecular weight is 336 g/mol. The average Bonchev–Trinajstić information content (AvgIpc) is 2.94. The molecule has 122 valence electrons. The molecule has 1 aliphatic heterocycles. The van der Waals surface area contributed by atoms with Gasteiger partial charge in [-0.05, 0) is 25.7 Å². The number of piperidine rings is 1. The Balaban J connectivity index is 2.11. The van der Waals surface area contributed by atoms with Gasteiger partial charge in [0.1, 0.15) is 5.69 Å². The van der Waals surface area contributed by atoms with Gasteiger partial charge in [-0.2, -0.15) is 13.2 Å². The quantitative estimate of drug-likeness (QED) is 0.917. The second kappa shape index (κ2) is 6.64. The van der Waals surface area contributed by atoms with Crippen LogP contribution in [0.15, 0.2) is 5.38 Å². The number of carbonyl (C=O) groups excluding carboxylic acids is 1. The predicted octanol–water partition coefficient (Wildman–Crippen LogP) is 3.02. The number of carboxylic acid groups (broad SMARTS) is 1. The van der Waals surface area contributed by atoms with E-state index >= 15 is 0 Å². The Kier molecular flexibility index (Phi) is 5.05. The van der Waals surface area contributed by atoms with Gasteiger partial charge in [-0.15, -0.1) is 11.3 Å². The van der Waals surface area contributed by atoms with Gasteiger partial charge in [0.25, 0.3) is 5.91 Å². The van der Waals surface area contributed by atoms with Gasteiger partial charge in [-0.3, -0.25) is 9.59 Å². The van der Waals surface area contributed by atoms with Crippen molar-refractivity contribution in [3.05, 3.63) is 16.1 Å². The number of carboxylic acids is 1. The Morgan fingerprint density at radius 1 is 1.41 bits per heavy atom. The monoisotopic (exact) mass is 336 g/mol. The van der Waals surface area contributed by atoms with Crippen LogP contribution in [0.1, 0.15) is 47.6 Å². The number of likely N-dealkylation sites (tertiary alicyclic amines) is 1. The zero-order valence-electron chi connectivity index (χ0n) is 11.6. The summed E-state index contributed by atoms with van der Waals surface area (Å²) in [5, 5.41) is 8.80. The number of hydrogen-bond donors (Lipinski definition) is 1. The van der Waals surface area contributed by atoms with E-state index in [-0.39, 0.29) is 18.2 Å². The third kappa shape index (κ3) is 3.96. The summed E-state index contributed by atoms with van der Waals surface area (Å²) in [6.45, 7) is 0.419. The molecule has 0 saturated carbocycles. The molecule has 1 unspecified atom stereocenters. The minimum absolute atomic E-state index is 0.0701.